The number of phenolic OH excluding ortho intramolecular Hbond substituents is 1. The monoisotopic (exact) mass is 351 g/mol. The highest BCUT2D eigenvalue weighted by molar-refractivity contribution is 6.00. The minimum atomic E-state index is -0.260. The quantitative estimate of drug-likeness (QED) is 0.512. The number of aromatic nitrogens is 1. The van der Waals surface area contributed by atoms with Gasteiger partial charge in [-0.25, -0.2) is 0 Å². The molecule has 0 saturated heterocycles. The molecule has 1 aromatic heterocycles. The maximum atomic E-state index is 12.0. The number of carbonyl (C=O) groups excluding carboxylic acids is 1. The summed E-state index contributed by atoms with van der Waals surface area (Å²) in [4.78, 5) is 26.7. The van der Waals surface area contributed by atoms with E-state index >= 15 is 0 Å². The molecule has 0 atom stereocenters. The van der Waals surface area contributed by atoms with Crippen molar-refractivity contribution < 1.29 is 9.90 Å². The Morgan fingerprint density at radius 1 is 1.15 bits per heavy atom. The van der Waals surface area contributed by atoms with Crippen molar-refractivity contribution in [1.29, 1.82) is 0 Å². The Balaban J connectivity index is 1.94. The molecule has 0 aliphatic rings. The van der Waals surface area contributed by atoms with Crippen molar-refractivity contribution in [3.63, 3.8) is 0 Å². The lowest BCUT2D eigenvalue weighted by Crippen LogP contribution is -2.12. The van der Waals surface area contributed by atoms with Crippen LogP contribution in [0.15, 0.2) is 53.5 Å². The molecule has 0 aliphatic carbocycles. The summed E-state index contributed by atoms with van der Waals surface area (Å²) in [7, 11) is 0. The molecule has 0 bridgehead atoms. The van der Waals surface area contributed by atoms with E-state index in [0.29, 0.717) is 35.0 Å². The summed E-state index contributed by atoms with van der Waals surface area (Å²) in [6, 6.07) is 12.2. The van der Waals surface area contributed by atoms with E-state index in [2.05, 4.69) is 10.3 Å². The summed E-state index contributed by atoms with van der Waals surface area (Å²) in [6.45, 7) is 0.575. The highest BCUT2D eigenvalue weighted by Gasteiger charge is 2.11. The largest absolute Gasteiger partial charge is 0.507 e. The number of rotatable bonds is 6. The Labute approximate surface area is 150 Å². The SMILES string of the molecule is NCCCCC(=O)Nc1cccc(-c2c[nH]c(=O)c3cccc(O)c23)c1. The number of aromatic hydroxyl groups is 1. The molecule has 0 aliphatic heterocycles. The maximum absolute atomic E-state index is 12.0. The van der Waals surface area contributed by atoms with Crippen molar-refractivity contribution in [2.45, 2.75) is 19.3 Å². The van der Waals surface area contributed by atoms with Crippen LogP contribution in [0.1, 0.15) is 19.3 Å². The zero-order chi connectivity index (χ0) is 18.5. The fraction of sp³-hybridized carbons (Fsp3) is 0.200. The molecule has 2 aromatic carbocycles. The molecule has 0 fully saturated rings. The van der Waals surface area contributed by atoms with Crippen molar-refractivity contribution in [3.05, 3.63) is 59.0 Å². The highest BCUT2D eigenvalue weighted by Crippen LogP contribution is 2.33. The number of nitrogens with one attached hydrogen (secondary N) is 2. The molecule has 6 nitrogen and oxygen atoms in total. The van der Waals surface area contributed by atoms with Crippen LogP contribution < -0.4 is 16.6 Å². The number of hydrogen-bond acceptors (Lipinski definition) is 4. The molecule has 3 rings (SSSR count). The normalized spacial score (nSPS) is 10.8. The zero-order valence-corrected chi connectivity index (χ0v) is 14.3. The van der Waals surface area contributed by atoms with Gasteiger partial charge in [-0.2, -0.15) is 0 Å². The van der Waals surface area contributed by atoms with E-state index in [-0.39, 0.29) is 17.2 Å². The average Bonchev–Trinajstić information content (AvgIpc) is 2.63. The zero-order valence-electron chi connectivity index (χ0n) is 14.3. The van der Waals surface area contributed by atoms with Gasteiger partial charge in [-0.3, -0.25) is 9.59 Å². The number of anilines is 1. The van der Waals surface area contributed by atoms with Crippen LogP contribution in [0, 0.1) is 0 Å². The molecular formula is C20H21N3O3. The van der Waals surface area contributed by atoms with Gasteiger partial charge in [0.15, 0.2) is 0 Å². The predicted molar refractivity (Wildman–Crippen MR) is 103 cm³/mol. The Kier molecular flexibility index (Phi) is 5.34. The van der Waals surface area contributed by atoms with Crippen molar-refractivity contribution in [3.8, 4) is 16.9 Å². The van der Waals surface area contributed by atoms with Crippen LogP contribution in [0.25, 0.3) is 21.9 Å². The van der Waals surface area contributed by atoms with E-state index < -0.39 is 0 Å². The van der Waals surface area contributed by atoms with Gasteiger partial charge in [-0.15, -0.1) is 0 Å². The second-order valence-electron chi connectivity index (χ2n) is 6.11. The summed E-state index contributed by atoms with van der Waals surface area (Å²) < 4.78 is 0. The van der Waals surface area contributed by atoms with E-state index in [1.54, 1.807) is 30.5 Å². The van der Waals surface area contributed by atoms with Crippen LogP contribution in [0.5, 0.6) is 5.75 Å². The van der Waals surface area contributed by atoms with E-state index in [0.717, 1.165) is 18.4 Å². The Morgan fingerprint density at radius 2 is 1.96 bits per heavy atom. The van der Waals surface area contributed by atoms with E-state index in [9.17, 15) is 14.7 Å². The van der Waals surface area contributed by atoms with Crippen molar-refractivity contribution in [1.82, 2.24) is 4.98 Å². The van der Waals surface area contributed by atoms with Crippen LogP contribution in [0.2, 0.25) is 0 Å². The fourth-order valence-electron chi connectivity index (χ4n) is 2.95. The summed E-state index contributed by atoms with van der Waals surface area (Å²) in [5.41, 5.74) is 7.32. The highest BCUT2D eigenvalue weighted by atomic mass is 16.3. The Morgan fingerprint density at radius 3 is 2.77 bits per heavy atom. The number of amides is 1. The predicted octanol–water partition coefficient (Wildman–Crippen LogP) is 2.97. The van der Waals surface area contributed by atoms with Gasteiger partial charge in [0.2, 0.25) is 5.91 Å². The first kappa shape index (κ1) is 17.7. The molecule has 134 valence electrons. The first-order valence-electron chi connectivity index (χ1n) is 8.54. The molecular weight excluding hydrogens is 330 g/mol. The summed E-state index contributed by atoms with van der Waals surface area (Å²) in [5.74, 6) is -0.0235. The van der Waals surface area contributed by atoms with Crippen molar-refractivity contribution in [2.24, 2.45) is 5.73 Å². The average molecular weight is 351 g/mol. The number of benzene rings is 2. The van der Waals surface area contributed by atoms with Gasteiger partial charge in [0.1, 0.15) is 5.75 Å². The number of unbranched alkanes of at least 4 members (excludes halogenated alkanes) is 1. The third-order valence-electron chi connectivity index (χ3n) is 4.22. The molecule has 5 N–H and O–H groups in total. The van der Waals surface area contributed by atoms with Gasteiger partial charge in [0, 0.05) is 29.3 Å². The molecule has 1 amide bonds. The second kappa shape index (κ2) is 7.84. The van der Waals surface area contributed by atoms with Crippen LogP contribution in [-0.2, 0) is 4.79 Å². The molecule has 0 spiro atoms. The third-order valence-corrected chi connectivity index (χ3v) is 4.22. The van der Waals surface area contributed by atoms with Gasteiger partial charge in [-0.1, -0.05) is 18.2 Å². The molecule has 1 heterocycles. The van der Waals surface area contributed by atoms with Gasteiger partial charge in [0.25, 0.3) is 5.56 Å². The fourth-order valence-corrected chi connectivity index (χ4v) is 2.95. The number of aromatic amines is 1. The second-order valence-corrected chi connectivity index (χ2v) is 6.11. The Hall–Kier alpha value is -3.12. The van der Waals surface area contributed by atoms with Crippen molar-refractivity contribution >= 4 is 22.4 Å². The van der Waals surface area contributed by atoms with E-state index in [1.807, 2.05) is 18.2 Å². The smallest absolute Gasteiger partial charge is 0.255 e. The standard InChI is InChI=1S/C20H21N3O3/c21-10-2-1-9-18(25)23-14-6-3-5-13(11-14)16-12-22-20(26)15-7-4-8-17(24)19(15)16/h3-8,11-12,24H,1-2,9-10,21H2,(H,22,26)(H,23,25). The summed E-state index contributed by atoms with van der Waals surface area (Å²) in [5, 5.41) is 14.0. The number of pyridine rings is 1. The maximum Gasteiger partial charge on any atom is 0.255 e. The minimum Gasteiger partial charge on any atom is -0.507 e. The summed E-state index contributed by atoms with van der Waals surface area (Å²) in [6.07, 6.45) is 3.56. The molecule has 0 saturated carbocycles. The number of nitrogens with two attached hydrogens (primary N) is 1. The number of hydrogen-bond donors (Lipinski definition) is 4. The number of fused-ring (bicyclic) bond motifs is 1. The van der Waals surface area contributed by atoms with Crippen LogP contribution >= 0.6 is 0 Å². The first-order chi connectivity index (χ1) is 12.6. The van der Waals surface area contributed by atoms with Crippen molar-refractivity contribution in [2.75, 3.05) is 11.9 Å². The molecule has 3 aromatic rings. The number of phenols is 1. The van der Waals surface area contributed by atoms with Gasteiger partial charge in [0.05, 0.1) is 5.39 Å². The third kappa shape index (κ3) is 3.75. The van der Waals surface area contributed by atoms with Crippen LogP contribution in [0.4, 0.5) is 5.69 Å². The lowest BCUT2D eigenvalue weighted by atomic mass is 9.99. The van der Waals surface area contributed by atoms with Gasteiger partial charge >= 0.3 is 0 Å². The summed E-state index contributed by atoms with van der Waals surface area (Å²) >= 11 is 0. The number of H-pyrrole nitrogens is 1. The minimum absolute atomic E-state index is 0.0415. The van der Waals surface area contributed by atoms with Gasteiger partial charge < -0.3 is 21.1 Å². The lowest BCUT2D eigenvalue weighted by Gasteiger charge is -2.10. The molecule has 0 unspecified atom stereocenters. The Bertz CT molecular complexity index is 995. The van der Waals surface area contributed by atoms with E-state index in [4.69, 9.17) is 5.73 Å². The topological polar surface area (TPSA) is 108 Å². The van der Waals surface area contributed by atoms with E-state index in [1.165, 1.54) is 0 Å². The van der Waals surface area contributed by atoms with Crippen LogP contribution in [0.3, 0.4) is 0 Å². The number of carbonyl (C=O) groups is 1. The molecule has 0 radical (unpaired) electrons. The molecule has 26 heavy (non-hydrogen) atoms. The first-order valence-corrected chi connectivity index (χ1v) is 8.54. The van der Waals surface area contributed by atoms with Crippen LogP contribution in [-0.4, -0.2) is 22.5 Å². The molecule has 6 heteroatoms. The lowest BCUT2D eigenvalue weighted by molar-refractivity contribution is -0.116. The van der Waals surface area contributed by atoms with Gasteiger partial charge in [-0.05, 0) is 49.2 Å².